The Morgan fingerprint density at radius 2 is 0.800 bits per heavy atom. The quantitative estimate of drug-likeness (QED) is 0.363. The van der Waals surface area contributed by atoms with Crippen LogP contribution in [0.5, 0.6) is 23.0 Å². The number of hydrogen-bond acceptors (Lipinski definition) is 4. The Morgan fingerprint density at radius 3 is 1.07 bits per heavy atom. The van der Waals surface area contributed by atoms with Crippen LogP contribution in [-0.2, 0) is 0 Å². The van der Waals surface area contributed by atoms with Crippen LogP contribution >= 0.6 is 0 Å². The van der Waals surface area contributed by atoms with E-state index in [1.807, 2.05) is 72.8 Å². The third kappa shape index (κ3) is 6.45. The van der Waals surface area contributed by atoms with Crippen LogP contribution in [0.2, 0.25) is 0 Å². The minimum atomic E-state index is 0.455. The summed E-state index contributed by atoms with van der Waals surface area (Å²) in [6.45, 7) is 8.68. The maximum absolute atomic E-state index is 5.94. The van der Waals surface area contributed by atoms with Gasteiger partial charge in [-0.2, -0.15) is 0 Å². The van der Waals surface area contributed by atoms with Gasteiger partial charge in [0.25, 0.3) is 0 Å². The molecule has 0 aliphatic rings. The second-order valence-corrected chi connectivity index (χ2v) is 7.63. The predicted molar refractivity (Wildman–Crippen MR) is 126 cm³/mol. The number of rotatable bonds is 10. The van der Waals surface area contributed by atoms with Gasteiger partial charge in [0.05, 0.1) is 0 Å². The molecule has 2 unspecified atom stereocenters. The highest BCUT2D eigenvalue weighted by molar-refractivity contribution is 5.49. The molecule has 0 saturated carbocycles. The highest BCUT2D eigenvalue weighted by atomic mass is 16.5. The zero-order chi connectivity index (χ0) is 21.3. The van der Waals surface area contributed by atoms with E-state index < -0.39 is 0 Å². The lowest BCUT2D eigenvalue weighted by atomic mass is 10.2. The summed E-state index contributed by atoms with van der Waals surface area (Å²) >= 11 is 0. The molecule has 0 spiro atoms. The first-order valence-electron chi connectivity index (χ1n) is 10.7. The van der Waals surface area contributed by atoms with Crippen molar-refractivity contribution < 1.29 is 9.47 Å². The molecule has 2 atom stereocenters. The van der Waals surface area contributed by atoms with Gasteiger partial charge in [-0.15, -0.1) is 0 Å². The summed E-state index contributed by atoms with van der Waals surface area (Å²) in [6, 6.07) is 24.6. The van der Waals surface area contributed by atoms with Crippen LogP contribution in [0, 0.1) is 0 Å². The zero-order valence-corrected chi connectivity index (χ0v) is 18.3. The van der Waals surface area contributed by atoms with Crippen LogP contribution in [0.4, 0.5) is 11.4 Å². The molecule has 0 bridgehead atoms. The fraction of sp³-hybridized carbons (Fsp3) is 0.308. The Bertz CT molecular complexity index is 813. The van der Waals surface area contributed by atoms with Crippen molar-refractivity contribution in [1.29, 1.82) is 0 Å². The average molecular weight is 405 g/mol. The summed E-state index contributed by atoms with van der Waals surface area (Å²) < 4.78 is 11.9. The molecule has 3 aromatic carbocycles. The summed E-state index contributed by atoms with van der Waals surface area (Å²) in [7, 11) is 0. The summed E-state index contributed by atoms with van der Waals surface area (Å²) in [4.78, 5) is 0. The minimum Gasteiger partial charge on any atom is -0.457 e. The van der Waals surface area contributed by atoms with Crippen molar-refractivity contribution in [3.8, 4) is 23.0 Å². The van der Waals surface area contributed by atoms with E-state index in [9.17, 15) is 0 Å². The van der Waals surface area contributed by atoms with Gasteiger partial charge in [0, 0.05) is 23.5 Å². The van der Waals surface area contributed by atoms with Gasteiger partial charge in [0.15, 0.2) is 0 Å². The third-order valence-corrected chi connectivity index (χ3v) is 5.05. The minimum absolute atomic E-state index is 0.455. The lowest BCUT2D eigenvalue weighted by Gasteiger charge is -2.14. The zero-order valence-electron chi connectivity index (χ0n) is 18.3. The molecule has 4 nitrogen and oxygen atoms in total. The molecule has 4 heteroatoms. The van der Waals surface area contributed by atoms with E-state index >= 15 is 0 Å². The van der Waals surface area contributed by atoms with Crippen molar-refractivity contribution in [3.05, 3.63) is 72.8 Å². The molecule has 158 valence electrons. The first kappa shape index (κ1) is 21.6. The molecule has 3 rings (SSSR count). The SMILES string of the molecule is CCC(C)Nc1ccc(Oc2ccc(Oc3ccc(NC(C)CC)cc3)cc2)cc1. The van der Waals surface area contributed by atoms with Crippen molar-refractivity contribution in [3.63, 3.8) is 0 Å². The van der Waals surface area contributed by atoms with Crippen LogP contribution < -0.4 is 20.1 Å². The van der Waals surface area contributed by atoms with Gasteiger partial charge in [0.2, 0.25) is 0 Å². The van der Waals surface area contributed by atoms with E-state index in [-0.39, 0.29) is 0 Å². The number of nitrogens with one attached hydrogen (secondary N) is 2. The Balaban J connectivity index is 1.54. The first-order valence-corrected chi connectivity index (χ1v) is 10.7. The summed E-state index contributed by atoms with van der Waals surface area (Å²) in [5.74, 6) is 3.17. The highest BCUT2D eigenvalue weighted by Crippen LogP contribution is 2.28. The van der Waals surface area contributed by atoms with E-state index in [1.165, 1.54) is 0 Å². The molecule has 0 radical (unpaired) electrons. The predicted octanol–water partition coefficient (Wildman–Crippen LogP) is 7.69. The summed E-state index contributed by atoms with van der Waals surface area (Å²) in [6.07, 6.45) is 2.18. The van der Waals surface area contributed by atoms with Crippen LogP contribution in [-0.4, -0.2) is 12.1 Å². The van der Waals surface area contributed by atoms with Gasteiger partial charge in [-0.05, 0) is 99.5 Å². The fourth-order valence-electron chi connectivity index (χ4n) is 2.86. The van der Waals surface area contributed by atoms with Crippen molar-refractivity contribution >= 4 is 11.4 Å². The second-order valence-electron chi connectivity index (χ2n) is 7.63. The van der Waals surface area contributed by atoms with Crippen LogP contribution in [0.3, 0.4) is 0 Å². The Hall–Kier alpha value is -3.14. The van der Waals surface area contributed by atoms with E-state index in [0.29, 0.717) is 12.1 Å². The molecule has 0 saturated heterocycles. The Labute approximate surface area is 180 Å². The maximum Gasteiger partial charge on any atom is 0.127 e. The van der Waals surface area contributed by atoms with E-state index in [2.05, 4.69) is 38.3 Å². The van der Waals surface area contributed by atoms with E-state index in [0.717, 1.165) is 47.2 Å². The van der Waals surface area contributed by atoms with Crippen molar-refractivity contribution in [2.45, 2.75) is 52.6 Å². The first-order chi connectivity index (χ1) is 14.6. The standard InChI is InChI=1S/C26H32N2O2/c1-5-19(3)27-21-7-11-23(12-8-21)29-25-15-17-26(18-16-25)30-24-13-9-22(10-14-24)28-20(4)6-2/h7-20,27-28H,5-6H2,1-4H3. The normalized spacial score (nSPS) is 12.7. The summed E-state index contributed by atoms with van der Waals surface area (Å²) in [5.41, 5.74) is 2.21. The lowest BCUT2D eigenvalue weighted by molar-refractivity contribution is 0.469. The number of ether oxygens (including phenoxy) is 2. The second kappa shape index (κ2) is 10.6. The third-order valence-electron chi connectivity index (χ3n) is 5.05. The maximum atomic E-state index is 5.94. The Morgan fingerprint density at radius 1 is 0.533 bits per heavy atom. The number of anilines is 2. The topological polar surface area (TPSA) is 42.5 Å². The molecule has 3 aromatic rings. The average Bonchev–Trinajstić information content (AvgIpc) is 2.77. The monoisotopic (exact) mass is 404 g/mol. The summed E-state index contributed by atoms with van der Waals surface area (Å²) in [5, 5.41) is 6.91. The van der Waals surface area contributed by atoms with E-state index in [4.69, 9.17) is 9.47 Å². The van der Waals surface area contributed by atoms with Gasteiger partial charge in [-0.3, -0.25) is 0 Å². The molecule has 0 heterocycles. The molecule has 0 amide bonds. The van der Waals surface area contributed by atoms with Crippen LogP contribution in [0.1, 0.15) is 40.5 Å². The van der Waals surface area contributed by atoms with Crippen LogP contribution in [0.25, 0.3) is 0 Å². The van der Waals surface area contributed by atoms with Gasteiger partial charge >= 0.3 is 0 Å². The molecule has 0 aliphatic heterocycles. The smallest absolute Gasteiger partial charge is 0.127 e. The van der Waals surface area contributed by atoms with Crippen LogP contribution in [0.15, 0.2) is 72.8 Å². The molecule has 0 fully saturated rings. The van der Waals surface area contributed by atoms with Crippen molar-refractivity contribution in [2.24, 2.45) is 0 Å². The molecule has 0 aromatic heterocycles. The fourth-order valence-corrected chi connectivity index (χ4v) is 2.86. The molecular formula is C26H32N2O2. The van der Waals surface area contributed by atoms with Gasteiger partial charge in [-0.25, -0.2) is 0 Å². The van der Waals surface area contributed by atoms with Gasteiger partial charge in [0.1, 0.15) is 23.0 Å². The van der Waals surface area contributed by atoms with Crippen molar-refractivity contribution in [2.75, 3.05) is 10.6 Å². The largest absolute Gasteiger partial charge is 0.457 e. The molecular weight excluding hydrogens is 372 g/mol. The van der Waals surface area contributed by atoms with Crippen molar-refractivity contribution in [1.82, 2.24) is 0 Å². The number of hydrogen-bond donors (Lipinski definition) is 2. The molecule has 30 heavy (non-hydrogen) atoms. The molecule has 2 N–H and O–H groups in total. The lowest BCUT2D eigenvalue weighted by Crippen LogP contribution is -2.12. The van der Waals surface area contributed by atoms with Gasteiger partial charge in [-0.1, -0.05) is 13.8 Å². The van der Waals surface area contributed by atoms with E-state index in [1.54, 1.807) is 0 Å². The highest BCUT2D eigenvalue weighted by Gasteiger charge is 2.03. The molecule has 0 aliphatic carbocycles. The van der Waals surface area contributed by atoms with Gasteiger partial charge < -0.3 is 20.1 Å². The Kier molecular flexibility index (Phi) is 7.61. The number of benzene rings is 3.